The van der Waals surface area contributed by atoms with Crippen molar-refractivity contribution in [1.29, 1.82) is 0 Å². The SMILES string of the molecule is CC(C)(C)OC(=O)C(N)Cc1ccc(OCc2ccccc2)cc1. The van der Waals surface area contributed by atoms with Crippen molar-refractivity contribution in [2.75, 3.05) is 0 Å². The fraction of sp³-hybridized carbons (Fsp3) is 0.350. The summed E-state index contributed by atoms with van der Waals surface area (Å²) in [5, 5.41) is 0. The highest BCUT2D eigenvalue weighted by atomic mass is 16.6. The van der Waals surface area contributed by atoms with E-state index in [0.29, 0.717) is 13.0 Å². The summed E-state index contributed by atoms with van der Waals surface area (Å²) >= 11 is 0. The molecule has 0 aliphatic heterocycles. The molecule has 2 aromatic rings. The van der Waals surface area contributed by atoms with Crippen LogP contribution in [0.4, 0.5) is 0 Å². The van der Waals surface area contributed by atoms with E-state index in [9.17, 15) is 4.79 Å². The molecule has 2 N–H and O–H groups in total. The Kier molecular flexibility index (Phi) is 5.99. The van der Waals surface area contributed by atoms with Gasteiger partial charge in [0.2, 0.25) is 0 Å². The number of hydrogen-bond acceptors (Lipinski definition) is 4. The predicted molar refractivity (Wildman–Crippen MR) is 94.7 cm³/mol. The Balaban J connectivity index is 1.86. The van der Waals surface area contributed by atoms with Gasteiger partial charge in [-0.05, 0) is 50.5 Å². The maximum Gasteiger partial charge on any atom is 0.323 e. The Morgan fingerprint density at radius 1 is 1.00 bits per heavy atom. The fourth-order valence-electron chi connectivity index (χ4n) is 2.18. The lowest BCUT2D eigenvalue weighted by molar-refractivity contribution is -0.156. The molecule has 0 aliphatic carbocycles. The molecule has 1 atom stereocenters. The van der Waals surface area contributed by atoms with Crippen LogP contribution in [0.2, 0.25) is 0 Å². The molecule has 0 fully saturated rings. The minimum atomic E-state index is -0.666. The monoisotopic (exact) mass is 327 g/mol. The first-order valence-corrected chi connectivity index (χ1v) is 8.07. The topological polar surface area (TPSA) is 61.5 Å². The molecule has 0 saturated carbocycles. The molecule has 128 valence electrons. The molecular formula is C20H25NO3. The third kappa shape index (κ3) is 6.05. The lowest BCUT2D eigenvalue weighted by Crippen LogP contribution is -2.38. The Morgan fingerprint density at radius 3 is 2.21 bits per heavy atom. The van der Waals surface area contributed by atoms with Crippen molar-refractivity contribution in [3.8, 4) is 5.75 Å². The van der Waals surface area contributed by atoms with Gasteiger partial charge in [0.05, 0.1) is 0 Å². The first-order valence-electron chi connectivity index (χ1n) is 8.07. The van der Waals surface area contributed by atoms with Crippen LogP contribution in [-0.4, -0.2) is 17.6 Å². The molecule has 0 aromatic heterocycles. The number of nitrogens with two attached hydrogens (primary N) is 1. The zero-order chi connectivity index (χ0) is 17.6. The van der Waals surface area contributed by atoms with Gasteiger partial charge in [0.15, 0.2) is 0 Å². The van der Waals surface area contributed by atoms with Crippen LogP contribution in [0.15, 0.2) is 54.6 Å². The Hall–Kier alpha value is -2.33. The van der Waals surface area contributed by atoms with Crippen LogP contribution >= 0.6 is 0 Å². The number of esters is 1. The first kappa shape index (κ1) is 18.0. The normalized spacial score (nSPS) is 12.5. The minimum Gasteiger partial charge on any atom is -0.489 e. The second-order valence-electron chi connectivity index (χ2n) is 6.76. The van der Waals surface area contributed by atoms with Gasteiger partial charge in [-0.25, -0.2) is 0 Å². The van der Waals surface area contributed by atoms with E-state index in [1.165, 1.54) is 0 Å². The molecule has 0 heterocycles. The van der Waals surface area contributed by atoms with Crippen molar-refractivity contribution in [2.24, 2.45) is 5.73 Å². The Morgan fingerprint density at radius 2 is 1.62 bits per heavy atom. The highest BCUT2D eigenvalue weighted by molar-refractivity contribution is 5.76. The number of carbonyl (C=O) groups is 1. The third-order valence-corrected chi connectivity index (χ3v) is 3.34. The van der Waals surface area contributed by atoms with E-state index >= 15 is 0 Å². The first-order chi connectivity index (χ1) is 11.3. The van der Waals surface area contributed by atoms with E-state index in [4.69, 9.17) is 15.2 Å². The molecule has 0 saturated heterocycles. The van der Waals surface area contributed by atoms with Crippen LogP contribution in [0.1, 0.15) is 31.9 Å². The van der Waals surface area contributed by atoms with E-state index < -0.39 is 11.6 Å². The summed E-state index contributed by atoms with van der Waals surface area (Å²) in [6.45, 7) is 6.01. The van der Waals surface area contributed by atoms with Crippen molar-refractivity contribution >= 4 is 5.97 Å². The second-order valence-corrected chi connectivity index (χ2v) is 6.76. The number of rotatable bonds is 6. The van der Waals surface area contributed by atoms with Gasteiger partial charge in [-0.1, -0.05) is 42.5 Å². The van der Waals surface area contributed by atoms with Crippen LogP contribution < -0.4 is 10.5 Å². The molecule has 24 heavy (non-hydrogen) atoms. The predicted octanol–water partition coefficient (Wildman–Crippen LogP) is 3.48. The molecular weight excluding hydrogens is 302 g/mol. The number of carbonyl (C=O) groups excluding carboxylic acids is 1. The summed E-state index contributed by atoms with van der Waals surface area (Å²) in [6, 6.07) is 16.9. The van der Waals surface area contributed by atoms with Gasteiger partial charge in [-0.15, -0.1) is 0 Å². The lowest BCUT2D eigenvalue weighted by atomic mass is 10.1. The van der Waals surface area contributed by atoms with Crippen LogP contribution in [0, 0.1) is 0 Å². The second kappa shape index (κ2) is 7.97. The van der Waals surface area contributed by atoms with Crippen molar-refractivity contribution in [1.82, 2.24) is 0 Å². The zero-order valence-corrected chi connectivity index (χ0v) is 14.5. The highest BCUT2D eigenvalue weighted by Crippen LogP contribution is 2.16. The molecule has 0 radical (unpaired) electrons. The summed E-state index contributed by atoms with van der Waals surface area (Å²) in [5.41, 5.74) is 7.49. The van der Waals surface area contributed by atoms with E-state index in [1.54, 1.807) is 0 Å². The molecule has 2 rings (SSSR count). The molecule has 0 aliphatic rings. The highest BCUT2D eigenvalue weighted by Gasteiger charge is 2.22. The molecule has 0 amide bonds. The number of benzene rings is 2. The van der Waals surface area contributed by atoms with Crippen molar-refractivity contribution in [3.05, 3.63) is 65.7 Å². The standard InChI is InChI=1S/C20H25NO3/c1-20(2,3)24-19(22)18(21)13-15-9-11-17(12-10-15)23-14-16-7-5-4-6-8-16/h4-12,18H,13-14,21H2,1-3H3. The molecule has 4 heteroatoms. The van der Waals surface area contributed by atoms with E-state index in [2.05, 4.69) is 0 Å². The van der Waals surface area contributed by atoms with Gasteiger partial charge in [0.1, 0.15) is 24.0 Å². The average molecular weight is 327 g/mol. The van der Waals surface area contributed by atoms with E-state index in [1.807, 2.05) is 75.4 Å². The summed E-state index contributed by atoms with van der Waals surface area (Å²) in [6.07, 6.45) is 0.438. The summed E-state index contributed by atoms with van der Waals surface area (Å²) in [5.74, 6) is 0.403. The van der Waals surface area contributed by atoms with Gasteiger partial charge in [0, 0.05) is 0 Å². The maximum atomic E-state index is 11.9. The minimum absolute atomic E-state index is 0.382. The van der Waals surface area contributed by atoms with Crippen molar-refractivity contribution in [2.45, 2.75) is 45.4 Å². The van der Waals surface area contributed by atoms with E-state index in [0.717, 1.165) is 16.9 Å². The van der Waals surface area contributed by atoms with Gasteiger partial charge < -0.3 is 15.2 Å². The summed E-state index contributed by atoms with van der Waals surface area (Å²) in [4.78, 5) is 11.9. The maximum absolute atomic E-state index is 11.9. The largest absolute Gasteiger partial charge is 0.489 e. The third-order valence-electron chi connectivity index (χ3n) is 3.34. The van der Waals surface area contributed by atoms with Gasteiger partial charge >= 0.3 is 5.97 Å². The van der Waals surface area contributed by atoms with Crippen LogP contribution in [0.25, 0.3) is 0 Å². The van der Waals surface area contributed by atoms with Crippen molar-refractivity contribution < 1.29 is 14.3 Å². The molecule has 0 spiro atoms. The molecule has 2 aromatic carbocycles. The Bertz CT molecular complexity index is 645. The van der Waals surface area contributed by atoms with Crippen LogP contribution in [-0.2, 0) is 22.6 Å². The molecule has 1 unspecified atom stereocenters. The number of hydrogen-bond donors (Lipinski definition) is 1. The van der Waals surface area contributed by atoms with Crippen LogP contribution in [0.3, 0.4) is 0 Å². The smallest absolute Gasteiger partial charge is 0.323 e. The zero-order valence-electron chi connectivity index (χ0n) is 14.5. The summed E-state index contributed by atoms with van der Waals surface area (Å²) < 4.78 is 11.0. The van der Waals surface area contributed by atoms with Gasteiger partial charge in [-0.2, -0.15) is 0 Å². The van der Waals surface area contributed by atoms with Crippen LogP contribution in [0.5, 0.6) is 5.75 Å². The fourth-order valence-corrected chi connectivity index (χ4v) is 2.18. The quantitative estimate of drug-likeness (QED) is 0.825. The molecule has 0 bridgehead atoms. The summed E-state index contributed by atoms with van der Waals surface area (Å²) in [7, 11) is 0. The molecule has 4 nitrogen and oxygen atoms in total. The van der Waals surface area contributed by atoms with Crippen molar-refractivity contribution in [3.63, 3.8) is 0 Å². The van der Waals surface area contributed by atoms with E-state index in [-0.39, 0.29) is 5.97 Å². The van der Waals surface area contributed by atoms with Gasteiger partial charge in [0.25, 0.3) is 0 Å². The lowest BCUT2D eigenvalue weighted by Gasteiger charge is -2.22. The van der Waals surface area contributed by atoms with Gasteiger partial charge in [-0.3, -0.25) is 4.79 Å². The number of ether oxygens (including phenoxy) is 2. The Labute approximate surface area is 143 Å². The average Bonchev–Trinajstić information content (AvgIpc) is 2.53.